The van der Waals surface area contributed by atoms with E-state index in [-0.39, 0.29) is 78.9 Å². The molecular formula is C37H38F6N2NaO6+. The summed E-state index contributed by atoms with van der Waals surface area (Å²) in [4.78, 5) is 16.8. The first-order valence-corrected chi connectivity index (χ1v) is 15.8. The van der Waals surface area contributed by atoms with Crippen LogP contribution in [0, 0.1) is 0 Å². The van der Waals surface area contributed by atoms with E-state index < -0.39 is 36.0 Å². The van der Waals surface area contributed by atoms with Crippen LogP contribution in [-0.4, -0.2) is 44.0 Å². The molecule has 4 aromatic rings. The van der Waals surface area contributed by atoms with Crippen molar-refractivity contribution < 1.29 is 84.7 Å². The fourth-order valence-corrected chi connectivity index (χ4v) is 5.41. The Kier molecular flexibility index (Phi) is 14.7. The molecule has 52 heavy (non-hydrogen) atoms. The van der Waals surface area contributed by atoms with Gasteiger partial charge in [-0.1, -0.05) is 19.9 Å². The molecule has 0 aliphatic rings. The summed E-state index contributed by atoms with van der Waals surface area (Å²) >= 11 is 0. The van der Waals surface area contributed by atoms with Crippen LogP contribution in [0.15, 0.2) is 66.9 Å². The number of rotatable bonds is 15. The number of methoxy groups -OCH3 is 3. The summed E-state index contributed by atoms with van der Waals surface area (Å²) in [5.41, 5.74) is -0.265. The zero-order valence-corrected chi connectivity index (χ0v) is 31.6. The van der Waals surface area contributed by atoms with Crippen LogP contribution in [0.3, 0.4) is 0 Å². The second-order valence-electron chi connectivity index (χ2n) is 11.9. The van der Waals surface area contributed by atoms with Gasteiger partial charge in [0.25, 0.3) is 0 Å². The van der Waals surface area contributed by atoms with Crippen molar-refractivity contribution in [1.82, 2.24) is 4.98 Å². The van der Waals surface area contributed by atoms with Crippen molar-refractivity contribution in [3.8, 4) is 34.1 Å². The maximum atomic E-state index is 13.8. The molecule has 0 saturated carbocycles. The summed E-state index contributed by atoms with van der Waals surface area (Å²) in [6.45, 7) is 3.67. The van der Waals surface area contributed by atoms with Crippen LogP contribution in [0.2, 0.25) is 0 Å². The average Bonchev–Trinajstić information content (AvgIpc) is 3.08. The van der Waals surface area contributed by atoms with E-state index >= 15 is 0 Å². The molecule has 0 saturated heterocycles. The fourth-order valence-electron chi connectivity index (χ4n) is 5.41. The van der Waals surface area contributed by atoms with Gasteiger partial charge in [0.2, 0.25) is 0 Å². The Morgan fingerprint density at radius 2 is 1.40 bits per heavy atom. The predicted molar refractivity (Wildman–Crippen MR) is 179 cm³/mol. The molecule has 0 amide bonds. The third-order valence-electron chi connectivity index (χ3n) is 8.02. The molecule has 0 bridgehead atoms. The number of hydrogen-bond acceptors (Lipinski definition) is 7. The Morgan fingerprint density at radius 1 is 0.788 bits per heavy atom. The number of alkyl halides is 6. The van der Waals surface area contributed by atoms with E-state index in [9.17, 15) is 31.1 Å². The smallest absolute Gasteiger partial charge is 0.496 e. The van der Waals surface area contributed by atoms with E-state index in [0.717, 1.165) is 5.56 Å². The van der Waals surface area contributed by atoms with Gasteiger partial charge >= 0.3 is 47.9 Å². The molecular weight excluding hydrogens is 705 g/mol. The number of halogens is 6. The van der Waals surface area contributed by atoms with E-state index in [1.807, 2.05) is 32.0 Å². The second-order valence-corrected chi connectivity index (χ2v) is 11.9. The molecule has 0 aliphatic heterocycles. The first kappa shape index (κ1) is 42.3. The molecule has 0 radical (unpaired) electrons. The summed E-state index contributed by atoms with van der Waals surface area (Å²) in [6, 6.07) is 13.6. The average molecular weight is 744 g/mol. The number of hydrogen-bond donors (Lipinski definition) is 1. The molecule has 0 unspecified atom stereocenters. The number of pyridine rings is 1. The Bertz CT molecular complexity index is 1780. The van der Waals surface area contributed by atoms with Crippen LogP contribution in [-0.2, 0) is 30.2 Å². The van der Waals surface area contributed by atoms with Gasteiger partial charge in [-0.15, -0.1) is 0 Å². The molecule has 8 nitrogen and oxygen atoms in total. The Labute approximate surface area is 320 Å². The molecule has 15 heteroatoms. The minimum absolute atomic E-state index is 0. The molecule has 0 spiro atoms. The van der Waals surface area contributed by atoms with Crippen molar-refractivity contribution in [2.24, 2.45) is 0 Å². The van der Waals surface area contributed by atoms with Crippen molar-refractivity contribution in [2.45, 2.75) is 58.0 Å². The second kappa shape index (κ2) is 18.1. The van der Waals surface area contributed by atoms with E-state index in [4.69, 9.17) is 24.1 Å². The van der Waals surface area contributed by atoms with Gasteiger partial charge in [-0.05, 0) is 89.2 Å². The number of benzene rings is 3. The number of carbonyl (C=O) groups is 1. The van der Waals surface area contributed by atoms with Gasteiger partial charge in [0.1, 0.15) is 17.3 Å². The minimum Gasteiger partial charge on any atom is -0.496 e. The third-order valence-corrected chi connectivity index (χ3v) is 8.02. The van der Waals surface area contributed by atoms with Crippen LogP contribution in [0.5, 0.6) is 23.0 Å². The number of anilines is 1. The predicted octanol–water partition coefficient (Wildman–Crippen LogP) is 6.39. The van der Waals surface area contributed by atoms with E-state index in [0.29, 0.717) is 51.8 Å². The normalized spacial score (nSPS) is 11.5. The maximum absolute atomic E-state index is 13.8. The number of aromatic nitrogens is 1. The topological polar surface area (TPSA) is 90.4 Å². The van der Waals surface area contributed by atoms with Crippen molar-refractivity contribution in [3.05, 3.63) is 94.7 Å². The molecule has 1 N–H and O–H groups in total. The molecule has 0 aliphatic carbocycles. The van der Waals surface area contributed by atoms with Crippen LogP contribution < -0.4 is 53.4 Å². The zero-order chi connectivity index (χ0) is 37.5. The largest absolute Gasteiger partial charge is 1.00 e. The van der Waals surface area contributed by atoms with Gasteiger partial charge in [0, 0.05) is 25.1 Å². The molecule has 4 rings (SSSR count). The summed E-state index contributed by atoms with van der Waals surface area (Å²) in [5.74, 6) is 0.921. The van der Waals surface area contributed by atoms with Crippen molar-refractivity contribution in [3.63, 3.8) is 0 Å². The van der Waals surface area contributed by atoms with Crippen molar-refractivity contribution >= 4 is 11.8 Å². The van der Waals surface area contributed by atoms with Gasteiger partial charge < -0.3 is 29.0 Å². The van der Waals surface area contributed by atoms with E-state index in [2.05, 4.69) is 4.98 Å². The number of aliphatic carboxylic acids is 1. The number of carboxylic acid groups (broad SMARTS) is 1. The summed E-state index contributed by atoms with van der Waals surface area (Å²) < 4.78 is 105. The van der Waals surface area contributed by atoms with Gasteiger partial charge in [0.05, 0.1) is 45.3 Å². The Balaban J connectivity index is 0.00000729. The number of carboxylic acids is 1. The summed E-state index contributed by atoms with van der Waals surface area (Å²) in [5, 5.41) is 8.88. The molecule has 274 valence electrons. The molecule has 0 fully saturated rings. The minimum atomic E-state index is -5.03. The van der Waals surface area contributed by atoms with Crippen LogP contribution >= 0.6 is 0 Å². The van der Waals surface area contributed by atoms with E-state index in [1.54, 1.807) is 12.1 Å². The number of nitrogens with zero attached hydrogens (tertiary/aromatic N) is 2. The molecule has 0 atom stereocenters. The quantitative estimate of drug-likeness (QED) is 0.0852. The third kappa shape index (κ3) is 10.9. The van der Waals surface area contributed by atoms with E-state index in [1.165, 1.54) is 44.6 Å². The maximum Gasteiger partial charge on any atom is 1.00 e. The van der Waals surface area contributed by atoms with Gasteiger partial charge in [-0.2, -0.15) is 26.3 Å². The Morgan fingerprint density at radius 3 is 1.92 bits per heavy atom. The van der Waals surface area contributed by atoms with Crippen LogP contribution in [0.25, 0.3) is 11.1 Å². The van der Waals surface area contributed by atoms with Crippen LogP contribution in [0.1, 0.15) is 60.4 Å². The first-order valence-electron chi connectivity index (χ1n) is 15.8. The first-order chi connectivity index (χ1) is 24.0. The van der Waals surface area contributed by atoms with Crippen LogP contribution in [0.4, 0.5) is 32.2 Å². The summed E-state index contributed by atoms with van der Waals surface area (Å²) in [7, 11) is 4.43. The SMILES string of the molecule is COc1cc(CN(Cc2cc(C(F)(F)F)cc(C(F)(F)F)c2)c2ccc(OCCCC(=O)O)cn2)c(-c2cc(C(C)C)ccc2OC)cc1OC.[Na+]. The molecule has 1 aromatic heterocycles. The molecule has 1 heterocycles. The van der Waals surface area contributed by atoms with Gasteiger partial charge in [0.15, 0.2) is 11.5 Å². The standard InChI is InChI=1S/C37H38F6N2O6.Na/c1-22(2)24-8-10-31(48-3)30(15-24)29-18-33(50-5)32(49-4)16-25(29)21-45(34-11-9-28(19-44-34)51-12-6-7-35(46)47)20-23-13-26(36(38,39)40)17-27(14-23)37(41,42)43;/h8-11,13-19,22H,6-7,12,20-21H2,1-5H3,(H,46,47);/q;+1. The number of ether oxygens (including phenoxy) is 4. The van der Waals surface area contributed by atoms with Gasteiger partial charge in [-0.3, -0.25) is 4.79 Å². The van der Waals surface area contributed by atoms with Gasteiger partial charge in [-0.25, -0.2) is 4.98 Å². The van der Waals surface area contributed by atoms with Crippen molar-refractivity contribution in [2.75, 3.05) is 32.8 Å². The monoisotopic (exact) mass is 743 g/mol. The fraction of sp³-hybridized carbons (Fsp3) is 0.351. The van der Waals surface area contributed by atoms with Crippen molar-refractivity contribution in [1.29, 1.82) is 0 Å². The summed E-state index contributed by atoms with van der Waals surface area (Å²) in [6.07, 6.45) is -8.58. The zero-order valence-electron chi connectivity index (χ0n) is 29.6. The Hall–Kier alpha value is -4.14. The molecule has 3 aromatic carbocycles.